The molecule has 0 spiro atoms. The summed E-state index contributed by atoms with van der Waals surface area (Å²) in [5.74, 6) is -0.254. The van der Waals surface area contributed by atoms with Crippen molar-refractivity contribution in [3.8, 4) is 5.69 Å². The summed E-state index contributed by atoms with van der Waals surface area (Å²) >= 11 is 15.6. The first-order valence-electron chi connectivity index (χ1n) is 7.69. The third-order valence-corrected chi connectivity index (χ3v) is 4.90. The Balaban J connectivity index is 1.82. The second-order valence-corrected chi connectivity index (χ2v) is 7.00. The van der Waals surface area contributed by atoms with E-state index in [1.54, 1.807) is 36.4 Å². The van der Waals surface area contributed by atoms with Gasteiger partial charge < -0.3 is 5.32 Å². The molecule has 0 unspecified atom stereocenters. The Morgan fingerprint density at radius 1 is 1.12 bits per heavy atom. The van der Waals surface area contributed by atoms with Gasteiger partial charge in [-0.15, -0.1) is 0 Å². The number of nitrogens with one attached hydrogen (secondary N) is 1. The first-order chi connectivity index (χ1) is 12.5. The summed E-state index contributed by atoms with van der Waals surface area (Å²) in [4.78, 5) is 12.4. The van der Waals surface area contributed by atoms with Crippen LogP contribution in [0, 0.1) is 5.82 Å². The van der Waals surface area contributed by atoms with Crippen molar-refractivity contribution in [2.45, 2.75) is 6.42 Å². The monoisotopic (exact) mass is 455 g/mol. The number of hydrogen-bond donors (Lipinski definition) is 1. The van der Waals surface area contributed by atoms with Gasteiger partial charge in [0.15, 0.2) is 0 Å². The maximum Gasteiger partial charge on any atom is 0.273 e. The van der Waals surface area contributed by atoms with Crippen LogP contribution in [0.5, 0.6) is 0 Å². The third-order valence-electron chi connectivity index (χ3n) is 3.70. The molecule has 3 aromatic rings. The molecule has 0 saturated carbocycles. The molecule has 8 heteroatoms. The minimum Gasteiger partial charge on any atom is -0.382 e. The molecule has 134 valence electrons. The van der Waals surface area contributed by atoms with Gasteiger partial charge in [0.05, 0.1) is 15.7 Å². The molecule has 0 radical (unpaired) electrons. The fourth-order valence-corrected chi connectivity index (χ4v) is 3.41. The van der Waals surface area contributed by atoms with Crippen LogP contribution in [0.2, 0.25) is 10.0 Å². The van der Waals surface area contributed by atoms with E-state index in [1.165, 1.54) is 12.1 Å². The molecule has 1 aromatic heterocycles. The van der Waals surface area contributed by atoms with E-state index in [9.17, 15) is 9.18 Å². The van der Waals surface area contributed by atoms with Gasteiger partial charge in [-0.1, -0.05) is 47.5 Å². The molecule has 0 saturated heterocycles. The summed E-state index contributed by atoms with van der Waals surface area (Å²) in [6.45, 7) is 0.442. The number of para-hydroxylation sites is 1. The van der Waals surface area contributed by atoms with Crippen molar-refractivity contribution in [1.29, 1.82) is 0 Å². The Labute approximate surface area is 167 Å². The molecule has 3 rings (SSSR count). The van der Waals surface area contributed by atoms with Crippen LogP contribution in [0.15, 0.2) is 57.9 Å². The second-order valence-electron chi connectivity index (χ2n) is 5.44. The number of aromatic nitrogens is 2. The Bertz CT molecular complexity index is 990. The highest BCUT2D eigenvalue weighted by Crippen LogP contribution is 2.28. The van der Waals surface area contributed by atoms with Crippen molar-refractivity contribution in [3.63, 3.8) is 0 Å². The Morgan fingerprint density at radius 2 is 1.81 bits per heavy atom. The molecule has 1 heterocycles. The zero-order chi connectivity index (χ0) is 18.7. The van der Waals surface area contributed by atoms with E-state index < -0.39 is 5.56 Å². The predicted octanol–water partition coefficient (Wildman–Crippen LogP) is 5.10. The highest BCUT2D eigenvalue weighted by atomic mass is 79.9. The highest BCUT2D eigenvalue weighted by molar-refractivity contribution is 9.10. The van der Waals surface area contributed by atoms with Gasteiger partial charge in [-0.05, 0) is 46.1 Å². The minimum absolute atomic E-state index is 0.254. The van der Waals surface area contributed by atoms with E-state index in [4.69, 9.17) is 23.2 Å². The molecule has 0 fully saturated rings. The lowest BCUT2D eigenvalue weighted by molar-refractivity contribution is 0.610. The van der Waals surface area contributed by atoms with Crippen LogP contribution >= 0.6 is 39.1 Å². The molecule has 4 nitrogen and oxygen atoms in total. The van der Waals surface area contributed by atoms with Gasteiger partial charge in [0, 0.05) is 12.6 Å². The molecular formula is C18H13BrCl2FN3O. The van der Waals surface area contributed by atoms with Crippen LogP contribution in [-0.2, 0) is 6.42 Å². The molecule has 0 bridgehead atoms. The van der Waals surface area contributed by atoms with Gasteiger partial charge >= 0.3 is 0 Å². The van der Waals surface area contributed by atoms with Gasteiger partial charge in [0.25, 0.3) is 5.56 Å². The van der Waals surface area contributed by atoms with Crippen LogP contribution in [0.3, 0.4) is 0 Å². The summed E-state index contributed by atoms with van der Waals surface area (Å²) in [6.07, 6.45) is 0.471. The van der Waals surface area contributed by atoms with Gasteiger partial charge in [0.2, 0.25) is 0 Å². The molecule has 0 aliphatic heterocycles. The zero-order valence-electron chi connectivity index (χ0n) is 13.3. The first-order valence-corrected chi connectivity index (χ1v) is 9.24. The van der Waals surface area contributed by atoms with Crippen molar-refractivity contribution in [2.75, 3.05) is 11.9 Å². The van der Waals surface area contributed by atoms with E-state index in [2.05, 4.69) is 26.3 Å². The molecule has 0 amide bonds. The maximum absolute atomic E-state index is 13.6. The summed E-state index contributed by atoms with van der Waals surface area (Å²) in [7, 11) is 0. The number of anilines is 1. The van der Waals surface area contributed by atoms with Crippen LogP contribution in [0.25, 0.3) is 5.69 Å². The van der Waals surface area contributed by atoms with E-state index in [1.807, 2.05) is 0 Å². The average molecular weight is 457 g/mol. The predicted molar refractivity (Wildman–Crippen MR) is 106 cm³/mol. The van der Waals surface area contributed by atoms with Gasteiger partial charge in [-0.25, -0.2) is 4.39 Å². The van der Waals surface area contributed by atoms with Crippen LogP contribution in [0.1, 0.15) is 5.56 Å². The summed E-state index contributed by atoms with van der Waals surface area (Å²) in [5, 5.41) is 7.94. The third kappa shape index (κ3) is 4.09. The molecule has 1 N–H and O–H groups in total. The smallest absolute Gasteiger partial charge is 0.273 e. The number of nitrogens with zero attached hydrogens (tertiary/aromatic N) is 2. The molecule has 26 heavy (non-hydrogen) atoms. The average Bonchev–Trinajstić information content (AvgIpc) is 2.60. The molecular weight excluding hydrogens is 444 g/mol. The van der Waals surface area contributed by atoms with E-state index in [-0.39, 0.29) is 5.82 Å². The van der Waals surface area contributed by atoms with Crippen molar-refractivity contribution in [3.05, 3.63) is 84.9 Å². The van der Waals surface area contributed by atoms with Crippen molar-refractivity contribution >= 4 is 44.8 Å². The fraction of sp³-hybridized carbons (Fsp3) is 0.111. The minimum atomic E-state index is -0.392. The van der Waals surface area contributed by atoms with Gasteiger partial charge in [-0.3, -0.25) is 4.79 Å². The number of halogens is 4. The Hall–Kier alpha value is -1.89. The van der Waals surface area contributed by atoms with Crippen LogP contribution in [-0.4, -0.2) is 16.3 Å². The van der Waals surface area contributed by atoms with Crippen molar-refractivity contribution in [2.24, 2.45) is 0 Å². The van der Waals surface area contributed by atoms with E-state index >= 15 is 0 Å². The first kappa shape index (κ1) is 18.9. The summed E-state index contributed by atoms with van der Waals surface area (Å²) in [5.41, 5.74) is 1.03. The highest BCUT2D eigenvalue weighted by Gasteiger charge is 2.14. The van der Waals surface area contributed by atoms with Crippen molar-refractivity contribution in [1.82, 2.24) is 9.78 Å². The maximum atomic E-state index is 13.6. The molecule has 0 atom stereocenters. The topological polar surface area (TPSA) is 46.9 Å². The Morgan fingerprint density at radius 3 is 2.50 bits per heavy atom. The number of benzene rings is 2. The zero-order valence-corrected chi connectivity index (χ0v) is 16.4. The lowest BCUT2D eigenvalue weighted by Crippen LogP contribution is -2.23. The van der Waals surface area contributed by atoms with Gasteiger partial charge in [0.1, 0.15) is 16.1 Å². The molecule has 0 aliphatic rings. The largest absolute Gasteiger partial charge is 0.382 e. The quantitative estimate of drug-likeness (QED) is 0.581. The fourth-order valence-electron chi connectivity index (χ4n) is 2.44. The number of hydrogen-bond acceptors (Lipinski definition) is 3. The SMILES string of the molecule is O=c1cc(NCCc2ccccc2F)c(Br)nn1-c1c(Cl)cccc1Cl. The van der Waals surface area contributed by atoms with E-state index in [0.717, 1.165) is 4.68 Å². The lowest BCUT2D eigenvalue weighted by Gasteiger charge is -2.12. The molecule has 2 aromatic carbocycles. The van der Waals surface area contributed by atoms with Crippen LogP contribution < -0.4 is 10.9 Å². The number of rotatable bonds is 5. The summed E-state index contributed by atoms with van der Waals surface area (Å²) in [6, 6.07) is 12.9. The normalized spacial score (nSPS) is 10.8. The summed E-state index contributed by atoms with van der Waals surface area (Å²) < 4.78 is 15.2. The second kappa shape index (κ2) is 8.20. The molecule has 0 aliphatic carbocycles. The van der Waals surface area contributed by atoms with Gasteiger partial charge in [-0.2, -0.15) is 9.78 Å². The standard InChI is InChI=1S/C18H13BrCl2FN3O/c19-18-15(23-9-8-11-4-1-2-7-14(11)22)10-16(26)25(24-18)17-12(20)5-3-6-13(17)21/h1-7,10,23H,8-9H2. The lowest BCUT2D eigenvalue weighted by atomic mass is 10.1. The van der Waals surface area contributed by atoms with Crippen molar-refractivity contribution < 1.29 is 4.39 Å². The van der Waals surface area contributed by atoms with E-state index in [0.29, 0.717) is 44.6 Å². The Kier molecular flexibility index (Phi) is 5.96. The van der Waals surface area contributed by atoms with Crippen LogP contribution in [0.4, 0.5) is 10.1 Å².